The van der Waals surface area contributed by atoms with E-state index in [1.54, 1.807) is 22.9 Å². The van der Waals surface area contributed by atoms with Crippen LogP contribution in [0.25, 0.3) is 10.9 Å². The maximum Gasteiger partial charge on any atom is 0.172 e. The van der Waals surface area contributed by atoms with Crippen LogP contribution in [-0.4, -0.2) is 40.3 Å². The van der Waals surface area contributed by atoms with Crippen molar-refractivity contribution >= 4 is 28.2 Å². The highest BCUT2D eigenvalue weighted by atomic mass is 35.5. The first-order chi connectivity index (χ1) is 11.5. The van der Waals surface area contributed by atoms with Crippen molar-refractivity contribution in [3.05, 3.63) is 53.2 Å². The third kappa shape index (κ3) is 3.20. The van der Waals surface area contributed by atoms with Gasteiger partial charge in [0, 0.05) is 36.9 Å². The summed E-state index contributed by atoms with van der Waals surface area (Å²) in [5.74, 6) is -0.390. The molecule has 0 aliphatic carbocycles. The van der Waals surface area contributed by atoms with Gasteiger partial charge in [-0.05, 0) is 32.3 Å². The lowest BCUT2D eigenvalue weighted by molar-refractivity contribution is 0.311. The smallest absolute Gasteiger partial charge is 0.172 e. The predicted octanol–water partition coefficient (Wildman–Crippen LogP) is 3.48. The Bertz CT molecular complexity index is 861. The van der Waals surface area contributed by atoms with Gasteiger partial charge in [-0.15, -0.1) is 0 Å². The van der Waals surface area contributed by atoms with Gasteiger partial charge in [-0.25, -0.2) is 4.39 Å². The van der Waals surface area contributed by atoms with Gasteiger partial charge in [-0.3, -0.25) is 9.67 Å². The second kappa shape index (κ2) is 6.75. The van der Waals surface area contributed by atoms with Gasteiger partial charge < -0.3 is 10.2 Å². The molecule has 7 heteroatoms. The third-order valence-electron chi connectivity index (χ3n) is 4.02. The number of rotatable bonds is 5. The number of hydrogen-bond acceptors (Lipinski definition) is 4. The number of hydrogen-bond donors (Lipinski definition) is 1. The molecule has 0 saturated carbocycles. The third-order valence-corrected chi connectivity index (χ3v) is 4.35. The number of aryl methyl sites for hydroxylation is 1. The predicted molar refractivity (Wildman–Crippen MR) is 94.8 cm³/mol. The van der Waals surface area contributed by atoms with Crippen molar-refractivity contribution < 1.29 is 4.39 Å². The highest BCUT2D eigenvalue weighted by molar-refractivity contribution is 6.35. The first kappa shape index (κ1) is 16.7. The van der Waals surface area contributed by atoms with Crippen LogP contribution in [0.1, 0.15) is 11.6 Å². The van der Waals surface area contributed by atoms with Gasteiger partial charge in [0.15, 0.2) is 5.82 Å². The molecule has 1 unspecified atom stereocenters. The molecule has 0 amide bonds. The summed E-state index contributed by atoms with van der Waals surface area (Å²) in [6.45, 7) is 0.543. The number of likely N-dealkylation sites (N-methyl/N-ethyl adjacent to an activating group) is 1. The van der Waals surface area contributed by atoms with Crippen molar-refractivity contribution in [2.45, 2.75) is 6.04 Å². The summed E-state index contributed by atoms with van der Waals surface area (Å²) in [4.78, 5) is 6.17. The summed E-state index contributed by atoms with van der Waals surface area (Å²) < 4.78 is 16.5. The number of anilines is 1. The lowest BCUT2D eigenvalue weighted by Crippen LogP contribution is -2.26. The molecule has 1 aromatic carbocycles. The average molecular weight is 348 g/mol. The Balaban J connectivity index is 1.85. The van der Waals surface area contributed by atoms with Gasteiger partial charge in [0.25, 0.3) is 0 Å². The van der Waals surface area contributed by atoms with E-state index >= 15 is 0 Å². The molecule has 0 spiro atoms. The van der Waals surface area contributed by atoms with E-state index in [0.717, 1.165) is 5.56 Å². The van der Waals surface area contributed by atoms with Crippen molar-refractivity contribution in [2.24, 2.45) is 7.05 Å². The zero-order valence-corrected chi connectivity index (χ0v) is 14.5. The summed E-state index contributed by atoms with van der Waals surface area (Å²) in [6, 6.07) is 5.20. The van der Waals surface area contributed by atoms with Crippen LogP contribution in [0, 0.1) is 5.82 Å². The second-order valence-corrected chi connectivity index (χ2v) is 6.33. The molecule has 2 aromatic heterocycles. The van der Waals surface area contributed by atoms with Crippen LogP contribution in [0.3, 0.4) is 0 Å². The second-order valence-electron chi connectivity index (χ2n) is 5.92. The summed E-state index contributed by atoms with van der Waals surface area (Å²) >= 11 is 6.09. The fourth-order valence-electron chi connectivity index (χ4n) is 2.70. The topological polar surface area (TPSA) is 46.0 Å². The molecule has 0 aliphatic heterocycles. The lowest BCUT2D eigenvalue weighted by atomic mass is 10.1. The van der Waals surface area contributed by atoms with Crippen LogP contribution in [0.15, 0.2) is 36.8 Å². The average Bonchev–Trinajstić information content (AvgIpc) is 2.96. The Hall–Kier alpha value is -2.18. The van der Waals surface area contributed by atoms with Gasteiger partial charge in [0.05, 0.1) is 22.9 Å². The molecule has 1 atom stereocenters. The van der Waals surface area contributed by atoms with Gasteiger partial charge in [0.2, 0.25) is 0 Å². The maximum atomic E-state index is 14.7. The molecule has 126 valence electrons. The Kier molecular flexibility index (Phi) is 4.69. The summed E-state index contributed by atoms with van der Waals surface area (Å²) in [7, 11) is 5.84. The number of fused-ring (bicyclic) bond motifs is 1. The zero-order chi connectivity index (χ0) is 17.3. The molecule has 0 bridgehead atoms. The minimum atomic E-state index is -0.390. The van der Waals surface area contributed by atoms with E-state index in [4.69, 9.17) is 11.6 Å². The van der Waals surface area contributed by atoms with Crippen LogP contribution in [0.5, 0.6) is 0 Å². The monoisotopic (exact) mass is 347 g/mol. The van der Waals surface area contributed by atoms with Gasteiger partial charge >= 0.3 is 0 Å². The van der Waals surface area contributed by atoms with Crippen molar-refractivity contribution in [2.75, 3.05) is 26.0 Å². The van der Waals surface area contributed by atoms with Crippen LogP contribution >= 0.6 is 11.6 Å². The first-order valence-corrected chi connectivity index (χ1v) is 7.96. The standard InChI is InChI=1S/C17H19ClFN5/c1-23(2)15(11-8-22-24(3)10-11)9-21-14-5-4-12-13(18)6-7-20-17(12)16(14)19/h4-8,10,15,21H,9H2,1-3H3. The molecule has 0 fully saturated rings. The van der Waals surface area contributed by atoms with Crippen LogP contribution in [0.2, 0.25) is 5.02 Å². The largest absolute Gasteiger partial charge is 0.381 e. The molecular formula is C17H19ClFN5. The summed E-state index contributed by atoms with van der Waals surface area (Å²) in [6.07, 6.45) is 5.30. The lowest BCUT2D eigenvalue weighted by Gasteiger charge is -2.24. The van der Waals surface area contributed by atoms with E-state index in [-0.39, 0.29) is 11.6 Å². The van der Waals surface area contributed by atoms with Crippen molar-refractivity contribution in [3.63, 3.8) is 0 Å². The first-order valence-electron chi connectivity index (χ1n) is 7.59. The molecule has 3 rings (SSSR count). The molecule has 0 aliphatic rings. The van der Waals surface area contributed by atoms with Crippen LogP contribution < -0.4 is 5.32 Å². The number of nitrogens with zero attached hydrogens (tertiary/aromatic N) is 4. The zero-order valence-electron chi connectivity index (χ0n) is 13.8. The van der Waals surface area contributed by atoms with Crippen molar-refractivity contribution in [1.29, 1.82) is 0 Å². The number of halogens is 2. The highest BCUT2D eigenvalue weighted by Gasteiger charge is 2.17. The molecule has 0 saturated heterocycles. The SMILES string of the molecule is CN(C)C(CNc1ccc2c(Cl)ccnc2c1F)c1cnn(C)c1. The normalized spacial score (nSPS) is 12.8. The molecule has 0 radical (unpaired) electrons. The Morgan fingerprint density at radius 1 is 1.33 bits per heavy atom. The van der Waals surface area contributed by atoms with Crippen molar-refractivity contribution in [1.82, 2.24) is 19.7 Å². The quantitative estimate of drug-likeness (QED) is 0.767. The van der Waals surface area contributed by atoms with E-state index < -0.39 is 5.82 Å². The van der Waals surface area contributed by atoms with Crippen LogP contribution in [0.4, 0.5) is 10.1 Å². The number of aromatic nitrogens is 3. The summed E-state index contributed by atoms with van der Waals surface area (Å²) in [5, 5.41) is 8.49. The summed E-state index contributed by atoms with van der Waals surface area (Å²) in [5.41, 5.74) is 1.75. The molecule has 3 aromatic rings. The van der Waals surface area contributed by atoms with Gasteiger partial charge in [-0.2, -0.15) is 5.10 Å². The van der Waals surface area contributed by atoms with E-state index in [1.165, 1.54) is 6.20 Å². The molecule has 1 N–H and O–H groups in total. The molecule has 24 heavy (non-hydrogen) atoms. The van der Waals surface area contributed by atoms with Gasteiger partial charge in [0.1, 0.15) is 5.52 Å². The fraction of sp³-hybridized carbons (Fsp3) is 0.294. The minimum Gasteiger partial charge on any atom is -0.381 e. The van der Waals surface area contributed by atoms with Gasteiger partial charge in [-0.1, -0.05) is 11.6 Å². The fourth-order valence-corrected chi connectivity index (χ4v) is 2.91. The van der Waals surface area contributed by atoms with E-state index in [9.17, 15) is 4.39 Å². The van der Waals surface area contributed by atoms with Crippen molar-refractivity contribution in [3.8, 4) is 0 Å². The van der Waals surface area contributed by atoms with E-state index in [2.05, 4.69) is 20.3 Å². The van der Waals surface area contributed by atoms with E-state index in [1.807, 2.05) is 33.5 Å². The number of pyridine rings is 1. The number of benzene rings is 1. The Morgan fingerprint density at radius 2 is 2.12 bits per heavy atom. The maximum absolute atomic E-state index is 14.7. The highest BCUT2D eigenvalue weighted by Crippen LogP contribution is 2.28. The Morgan fingerprint density at radius 3 is 2.79 bits per heavy atom. The molecule has 5 nitrogen and oxygen atoms in total. The molecule has 2 heterocycles. The van der Waals surface area contributed by atoms with Crippen LogP contribution in [-0.2, 0) is 7.05 Å². The molecular weight excluding hydrogens is 329 g/mol. The minimum absolute atomic E-state index is 0.0705. The Labute approximate surface area is 145 Å². The number of nitrogens with one attached hydrogen (secondary N) is 1. The van der Waals surface area contributed by atoms with E-state index in [0.29, 0.717) is 22.6 Å².